The molecule has 0 saturated carbocycles. The summed E-state index contributed by atoms with van der Waals surface area (Å²) in [5.41, 5.74) is 10.2. The zero-order valence-corrected chi connectivity index (χ0v) is 14.3. The van der Waals surface area contributed by atoms with E-state index in [4.69, 9.17) is 10.5 Å². The molecule has 4 heteroatoms. The largest absolute Gasteiger partial charge is 0.497 e. The Hall–Kier alpha value is -3.14. The van der Waals surface area contributed by atoms with Gasteiger partial charge in [-0.05, 0) is 58.7 Å². The molecule has 0 aliphatic rings. The summed E-state index contributed by atoms with van der Waals surface area (Å²) in [6, 6.07) is 17.5. The smallest absolute Gasteiger partial charge is 0.248 e. The number of nitrogens with two attached hydrogens (primary N) is 1. The average molecular weight is 332 g/mol. The minimum Gasteiger partial charge on any atom is -0.497 e. The number of carbonyl (C=O) groups is 1. The van der Waals surface area contributed by atoms with Gasteiger partial charge >= 0.3 is 0 Å². The van der Waals surface area contributed by atoms with Gasteiger partial charge in [0, 0.05) is 23.9 Å². The van der Waals surface area contributed by atoms with E-state index in [1.165, 1.54) is 0 Å². The standard InChI is InChI=1S/C21H20N2O2/c1-14(16-4-3-5-18(12-16)25-2)20-13-17(6-7-19(20)21(22)24)15-8-10-23-11-9-15/h3-14H,1-2H3,(H2,22,24)/t14-/m0/s1. The molecular weight excluding hydrogens is 312 g/mol. The van der Waals surface area contributed by atoms with Crippen LogP contribution >= 0.6 is 0 Å². The summed E-state index contributed by atoms with van der Waals surface area (Å²) in [4.78, 5) is 16.0. The summed E-state index contributed by atoms with van der Waals surface area (Å²) in [7, 11) is 1.64. The number of hydrogen-bond acceptors (Lipinski definition) is 3. The average Bonchev–Trinajstić information content (AvgIpc) is 2.67. The normalized spacial score (nSPS) is 11.8. The number of primary amides is 1. The summed E-state index contributed by atoms with van der Waals surface area (Å²) >= 11 is 0. The molecule has 4 nitrogen and oxygen atoms in total. The van der Waals surface area contributed by atoms with E-state index in [1.54, 1.807) is 25.6 Å². The monoisotopic (exact) mass is 332 g/mol. The van der Waals surface area contributed by atoms with Crippen LogP contribution < -0.4 is 10.5 Å². The van der Waals surface area contributed by atoms with Crippen molar-refractivity contribution in [3.05, 3.63) is 83.7 Å². The lowest BCUT2D eigenvalue weighted by Gasteiger charge is -2.18. The minimum atomic E-state index is -0.425. The third-order valence-corrected chi connectivity index (χ3v) is 4.39. The molecule has 0 fully saturated rings. The highest BCUT2D eigenvalue weighted by atomic mass is 16.5. The Balaban J connectivity index is 2.10. The van der Waals surface area contributed by atoms with Crippen molar-refractivity contribution in [2.75, 3.05) is 7.11 Å². The van der Waals surface area contributed by atoms with Crippen molar-refractivity contribution in [1.82, 2.24) is 4.98 Å². The molecule has 1 amide bonds. The van der Waals surface area contributed by atoms with Crippen LogP contribution in [0.25, 0.3) is 11.1 Å². The summed E-state index contributed by atoms with van der Waals surface area (Å²) in [5.74, 6) is 0.362. The molecule has 0 radical (unpaired) electrons. The number of hydrogen-bond donors (Lipinski definition) is 1. The first-order valence-electron chi connectivity index (χ1n) is 8.08. The molecular formula is C21H20N2O2. The maximum atomic E-state index is 11.9. The van der Waals surface area contributed by atoms with Gasteiger partial charge in [-0.1, -0.05) is 25.1 Å². The third kappa shape index (κ3) is 3.53. The molecule has 0 spiro atoms. The topological polar surface area (TPSA) is 65.2 Å². The Labute approximate surface area is 147 Å². The number of nitrogens with zero attached hydrogens (tertiary/aromatic N) is 1. The minimum absolute atomic E-state index is 0.000567. The van der Waals surface area contributed by atoms with Crippen molar-refractivity contribution < 1.29 is 9.53 Å². The predicted octanol–water partition coefficient (Wildman–Crippen LogP) is 4.01. The maximum absolute atomic E-state index is 11.9. The highest BCUT2D eigenvalue weighted by Crippen LogP contribution is 2.32. The van der Waals surface area contributed by atoms with Gasteiger partial charge in [0.25, 0.3) is 0 Å². The van der Waals surface area contributed by atoms with E-state index in [9.17, 15) is 4.79 Å². The number of methoxy groups -OCH3 is 1. The van der Waals surface area contributed by atoms with Gasteiger partial charge in [-0.2, -0.15) is 0 Å². The van der Waals surface area contributed by atoms with Crippen LogP contribution in [0.4, 0.5) is 0 Å². The molecule has 126 valence electrons. The van der Waals surface area contributed by atoms with Crippen molar-refractivity contribution in [1.29, 1.82) is 0 Å². The van der Waals surface area contributed by atoms with E-state index in [0.29, 0.717) is 5.56 Å². The summed E-state index contributed by atoms with van der Waals surface area (Å²) in [5, 5.41) is 0. The lowest BCUT2D eigenvalue weighted by molar-refractivity contribution is 0.0999. The van der Waals surface area contributed by atoms with Crippen molar-refractivity contribution >= 4 is 5.91 Å². The third-order valence-electron chi connectivity index (χ3n) is 4.39. The lowest BCUT2D eigenvalue weighted by Crippen LogP contribution is -2.15. The van der Waals surface area contributed by atoms with E-state index in [0.717, 1.165) is 28.0 Å². The van der Waals surface area contributed by atoms with Gasteiger partial charge in [0.05, 0.1) is 7.11 Å². The molecule has 0 bridgehead atoms. The number of aromatic nitrogens is 1. The van der Waals surface area contributed by atoms with Crippen LogP contribution in [0.1, 0.15) is 34.3 Å². The molecule has 1 atom stereocenters. The molecule has 1 heterocycles. The molecule has 0 unspecified atom stereocenters. The number of amides is 1. The fourth-order valence-corrected chi connectivity index (χ4v) is 2.96. The Bertz CT molecular complexity index is 891. The Morgan fingerprint density at radius 2 is 1.80 bits per heavy atom. The highest BCUT2D eigenvalue weighted by molar-refractivity contribution is 5.95. The fraction of sp³-hybridized carbons (Fsp3) is 0.143. The molecule has 3 rings (SSSR count). The van der Waals surface area contributed by atoms with Gasteiger partial charge in [-0.15, -0.1) is 0 Å². The van der Waals surface area contributed by atoms with Crippen LogP contribution in [-0.4, -0.2) is 18.0 Å². The van der Waals surface area contributed by atoms with Crippen molar-refractivity contribution in [3.63, 3.8) is 0 Å². The fourth-order valence-electron chi connectivity index (χ4n) is 2.96. The summed E-state index contributed by atoms with van der Waals surface area (Å²) in [6.07, 6.45) is 3.50. The van der Waals surface area contributed by atoms with Crippen LogP contribution in [-0.2, 0) is 0 Å². The lowest BCUT2D eigenvalue weighted by atomic mass is 9.87. The predicted molar refractivity (Wildman–Crippen MR) is 98.7 cm³/mol. The molecule has 0 aliphatic heterocycles. The van der Waals surface area contributed by atoms with Crippen molar-refractivity contribution in [2.24, 2.45) is 5.73 Å². The first-order valence-corrected chi connectivity index (χ1v) is 8.08. The van der Waals surface area contributed by atoms with E-state index in [2.05, 4.69) is 11.9 Å². The highest BCUT2D eigenvalue weighted by Gasteiger charge is 2.17. The molecule has 0 saturated heterocycles. The second kappa shape index (κ2) is 7.18. The van der Waals surface area contributed by atoms with Crippen LogP contribution in [0.3, 0.4) is 0 Å². The number of carbonyl (C=O) groups excluding carboxylic acids is 1. The molecule has 2 N–H and O–H groups in total. The molecule has 25 heavy (non-hydrogen) atoms. The number of rotatable bonds is 5. The van der Waals surface area contributed by atoms with E-state index < -0.39 is 5.91 Å². The van der Waals surface area contributed by atoms with Gasteiger partial charge < -0.3 is 10.5 Å². The van der Waals surface area contributed by atoms with Crippen LogP contribution in [0, 0.1) is 0 Å². The first-order chi connectivity index (χ1) is 12.1. The first kappa shape index (κ1) is 16.7. The Kier molecular flexibility index (Phi) is 4.80. The van der Waals surface area contributed by atoms with Crippen molar-refractivity contribution in [2.45, 2.75) is 12.8 Å². The van der Waals surface area contributed by atoms with Gasteiger partial charge in [0.2, 0.25) is 5.91 Å². The van der Waals surface area contributed by atoms with Crippen LogP contribution in [0.2, 0.25) is 0 Å². The van der Waals surface area contributed by atoms with Crippen molar-refractivity contribution in [3.8, 4) is 16.9 Å². The number of ether oxygens (including phenoxy) is 1. The number of pyridine rings is 1. The molecule has 2 aromatic carbocycles. The van der Waals surface area contributed by atoms with Gasteiger partial charge in [0.15, 0.2) is 0 Å². The molecule has 0 aliphatic carbocycles. The maximum Gasteiger partial charge on any atom is 0.248 e. The zero-order valence-electron chi connectivity index (χ0n) is 14.3. The SMILES string of the molecule is COc1cccc([C@H](C)c2cc(-c3ccncc3)ccc2C(N)=O)c1. The Morgan fingerprint density at radius 3 is 2.48 bits per heavy atom. The van der Waals surface area contributed by atoms with E-state index >= 15 is 0 Å². The van der Waals surface area contributed by atoms with E-state index in [-0.39, 0.29) is 5.92 Å². The van der Waals surface area contributed by atoms with E-state index in [1.807, 2.05) is 48.5 Å². The molecule has 1 aromatic heterocycles. The van der Waals surface area contributed by atoms with Gasteiger partial charge in [0.1, 0.15) is 5.75 Å². The van der Waals surface area contributed by atoms with Crippen LogP contribution in [0.15, 0.2) is 67.0 Å². The number of benzene rings is 2. The zero-order chi connectivity index (χ0) is 17.8. The van der Waals surface area contributed by atoms with Gasteiger partial charge in [-0.3, -0.25) is 9.78 Å². The second-order valence-electron chi connectivity index (χ2n) is 5.90. The molecule has 3 aromatic rings. The summed E-state index contributed by atoms with van der Waals surface area (Å²) in [6.45, 7) is 2.06. The summed E-state index contributed by atoms with van der Waals surface area (Å²) < 4.78 is 5.31. The Morgan fingerprint density at radius 1 is 1.04 bits per heavy atom. The van der Waals surface area contributed by atoms with Crippen LogP contribution in [0.5, 0.6) is 5.75 Å². The second-order valence-corrected chi connectivity index (χ2v) is 5.90. The quantitative estimate of drug-likeness (QED) is 0.768. The van der Waals surface area contributed by atoms with Gasteiger partial charge in [-0.25, -0.2) is 0 Å².